The van der Waals surface area contributed by atoms with Gasteiger partial charge < -0.3 is 9.88 Å². The fourth-order valence-corrected chi connectivity index (χ4v) is 3.61. The maximum absolute atomic E-state index is 13.2. The summed E-state index contributed by atoms with van der Waals surface area (Å²) >= 11 is 6.20. The third-order valence-electron chi connectivity index (χ3n) is 5.05. The largest absolute Gasteiger partial charge is 0.332 e. The summed E-state index contributed by atoms with van der Waals surface area (Å²) in [5, 5.41) is 4.77. The molecule has 140 valence electrons. The number of anilines is 1. The highest BCUT2D eigenvalue weighted by Crippen LogP contribution is 2.30. The van der Waals surface area contributed by atoms with Crippen molar-refractivity contribution in [2.24, 2.45) is 0 Å². The number of allylic oxidation sites excluding steroid dienone is 1. The van der Waals surface area contributed by atoms with Gasteiger partial charge in [-0.25, -0.2) is 0 Å². The number of hydrogen-bond acceptors (Lipinski definition) is 1. The van der Waals surface area contributed by atoms with Gasteiger partial charge in [0.05, 0.1) is 0 Å². The van der Waals surface area contributed by atoms with Crippen LogP contribution in [0.25, 0.3) is 10.9 Å². The van der Waals surface area contributed by atoms with Crippen LogP contribution in [-0.4, -0.2) is 10.5 Å². The lowest BCUT2D eigenvalue weighted by atomic mass is 10.0. The zero-order valence-corrected chi connectivity index (χ0v) is 17.0. The summed E-state index contributed by atoms with van der Waals surface area (Å²) in [6.45, 7) is 12.7. The molecule has 1 amide bonds. The van der Waals surface area contributed by atoms with Crippen LogP contribution in [0.15, 0.2) is 49.1 Å². The highest BCUT2D eigenvalue weighted by Gasteiger charge is 2.21. The minimum atomic E-state index is -0.137. The Kier molecular flexibility index (Phi) is 5.43. The van der Waals surface area contributed by atoms with Gasteiger partial charge in [-0.2, -0.15) is 0 Å². The second kappa shape index (κ2) is 7.61. The van der Waals surface area contributed by atoms with E-state index in [-0.39, 0.29) is 5.91 Å². The fourth-order valence-electron chi connectivity index (χ4n) is 3.43. The molecular formula is C23H25ClN2O. The molecule has 1 heterocycles. The van der Waals surface area contributed by atoms with Gasteiger partial charge in [0.15, 0.2) is 0 Å². The normalized spacial score (nSPS) is 11.2. The number of aryl methyl sites for hydroxylation is 1. The van der Waals surface area contributed by atoms with Crippen LogP contribution in [0.2, 0.25) is 5.02 Å². The van der Waals surface area contributed by atoms with Crippen molar-refractivity contribution in [1.82, 2.24) is 4.57 Å². The molecule has 0 aliphatic carbocycles. The summed E-state index contributed by atoms with van der Waals surface area (Å²) in [6, 6.07) is 11.9. The first-order valence-electron chi connectivity index (χ1n) is 9.15. The Balaban J connectivity index is 2.12. The Morgan fingerprint density at radius 2 is 1.96 bits per heavy atom. The number of hydrogen-bond donors (Lipinski definition) is 1. The molecule has 0 spiro atoms. The molecule has 4 heteroatoms. The van der Waals surface area contributed by atoms with Crippen molar-refractivity contribution in [1.29, 1.82) is 0 Å². The molecule has 1 N–H and O–H groups in total. The molecule has 0 fully saturated rings. The van der Waals surface area contributed by atoms with E-state index < -0.39 is 0 Å². The minimum absolute atomic E-state index is 0.137. The third kappa shape index (κ3) is 3.52. The molecule has 0 unspecified atom stereocenters. The van der Waals surface area contributed by atoms with E-state index in [1.165, 1.54) is 5.56 Å². The zero-order chi connectivity index (χ0) is 19.7. The van der Waals surface area contributed by atoms with Crippen LogP contribution in [-0.2, 0) is 6.54 Å². The molecule has 0 radical (unpaired) electrons. The van der Waals surface area contributed by atoms with Crippen molar-refractivity contribution >= 4 is 34.1 Å². The number of aromatic nitrogens is 1. The third-order valence-corrected chi connectivity index (χ3v) is 5.46. The Labute approximate surface area is 165 Å². The second-order valence-corrected chi connectivity index (χ2v) is 7.58. The quantitative estimate of drug-likeness (QED) is 0.505. The molecule has 1 aromatic heterocycles. The van der Waals surface area contributed by atoms with Crippen molar-refractivity contribution in [2.45, 2.75) is 40.2 Å². The molecule has 0 atom stereocenters. The molecular weight excluding hydrogens is 356 g/mol. The monoisotopic (exact) mass is 380 g/mol. The van der Waals surface area contributed by atoms with E-state index in [9.17, 15) is 4.79 Å². The van der Waals surface area contributed by atoms with E-state index in [1.54, 1.807) is 0 Å². The zero-order valence-electron chi connectivity index (χ0n) is 16.3. The van der Waals surface area contributed by atoms with Gasteiger partial charge in [-0.3, -0.25) is 4.79 Å². The average molecular weight is 381 g/mol. The summed E-state index contributed by atoms with van der Waals surface area (Å²) in [6.07, 6.45) is 1.82. The Hall–Kier alpha value is -2.52. The number of carbonyl (C=O) groups is 1. The Morgan fingerprint density at radius 3 is 2.63 bits per heavy atom. The van der Waals surface area contributed by atoms with Crippen LogP contribution in [0.3, 0.4) is 0 Å². The number of halogens is 1. The van der Waals surface area contributed by atoms with E-state index in [2.05, 4.69) is 43.9 Å². The topological polar surface area (TPSA) is 34.0 Å². The number of benzene rings is 2. The highest BCUT2D eigenvalue weighted by atomic mass is 35.5. The molecule has 0 saturated heterocycles. The van der Waals surface area contributed by atoms with E-state index in [4.69, 9.17) is 11.6 Å². The maximum Gasteiger partial charge on any atom is 0.272 e. The molecule has 27 heavy (non-hydrogen) atoms. The van der Waals surface area contributed by atoms with Crippen LogP contribution >= 0.6 is 11.6 Å². The number of rotatable bonds is 5. The summed E-state index contributed by atoms with van der Waals surface area (Å²) in [4.78, 5) is 13.2. The van der Waals surface area contributed by atoms with Gasteiger partial charge in [0.25, 0.3) is 5.91 Å². The van der Waals surface area contributed by atoms with E-state index >= 15 is 0 Å². The summed E-state index contributed by atoms with van der Waals surface area (Å²) in [7, 11) is 0. The maximum atomic E-state index is 13.2. The predicted octanol–water partition coefficient (Wildman–Crippen LogP) is 6.47. The highest BCUT2D eigenvalue weighted by molar-refractivity contribution is 6.31. The number of nitrogens with zero attached hydrogens (tertiary/aromatic N) is 1. The standard InChI is InChI=1S/C23H25ClN2O/c1-6-12-26-21-11-10-17(14(2)3)13-18(21)15(4)22(26)23(27)25-20-9-7-8-19(24)16(20)5/h6-11,13-14H,1,12H2,2-5H3,(H,25,27). The van der Waals surface area contributed by atoms with Crippen LogP contribution in [0.5, 0.6) is 0 Å². The number of fused-ring (bicyclic) bond motifs is 1. The SMILES string of the molecule is C=CCn1c(C(=O)Nc2cccc(Cl)c2C)c(C)c2cc(C(C)C)ccc21. The van der Waals surface area contributed by atoms with Gasteiger partial charge in [0.2, 0.25) is 0 Å². The smallest absolute Gasteiger partial charge is 0.272 e. The molecule has 2 aromatic carbocycles. The first-order chi connectivity index (χ1) is 12.8. The van der Waals surface area contributed by atoms with E-state index in [0.29, 0.717) is 23.2 Å². The molecule has 3 rings (SSSR count). The Morgan fingerprint density at radius 1 is 1.22 bits per heavy atom. The first kappa shape index (κ1) is 19.2. The second-order valence-electron chi connectivity index (χ2n) is 7.17. The van der Waals surface area contributed by atoms with Gasteiger partial charge in [0.1, 0.15) is 5.69 Å². The minimum Gasteiger partial charge on any atom is -0.332 e. The van der Waals surface area contributed by atoms with Crippen molar-refractivity contribution < 1.29 is 4.79 Å². The molecule has 0 aliphatic heterocycles. The Bertz CT molecular complexity index is 1030. The molecule has 0 saturated carbocycles. The van der Waals surface area contributed by atoms with Gasteiger partial charge >= 0.3 is 0 Å². The van der Waals surface area contributed by atoms with Crippen LogP contribution in [0.1, 0.15) is 46.9 Å². The van der Waals surface area contributed by atoms with Gasteiger partial charge in [-0.1, -0.05) is 43.7 Å². The summed E-state index contributed by atoms with van der Waals surface area (Å²) in [5.74, 6) is 0.296. The van der Waals surface area contributed by atoms with E-state index in [0.717, 1.165) is 27.7 Å². The van der Waals surface area contributed by atoms with Gasteiger partial charge in [-0.05, 0) is 60.7 Å². The molecule has 0 aliphatic rings. The fraction of sp³-hybridized carbons (Fsp3) is 0.261. The molecule has 3 nitrogen and oxygen atoms in total. The lowest BCUT2D eigenvalue weighted by Crippen LogP contribution is -2.18. The number of carbonyl (C=O) groups excluding carboxylic acids is 1. The van der Waals surface area contributed by atoms with Crippen molar-refractivity contribution in [3.8, 4) is 0 Å². The lowest BCUT2D eigenvalue weighted by molar-refractivity contribution is 0.101. The van der Waals surface area contributed by atoms with E-state index in [1.807, 2.05) is 42.7 Å². The first-order valence-corrected chi connectivity index (χ1v) is 9.53. The van der Waals surface area contributed by atoms with Crippen molar-refractivity contribution in [3.63, 3.8) is 0 Å². The lowest BCUT2D eigenvalue weighted by Gasteiger charge is -2.12. The average Bonchev–Trinajstić information content (AvgIpc) is 2.91. The van der Waals surface area contributed by atoms with Crippen molar-refractivity contribution in [3.05, 3.63) is 76.5 Å². The summed E-state index contributed by atoms with van der Waals surface area (Å²) in [5.41, 5.74) is 5.53. The number of nitrogens with one attached hydrogen (secondary N) is 1. The van der Waals surface area contributed by atoms with Gasteiger partial charge in [-0.15, -0.1) is 6.58 Å². The predicted molar refractivity (Wildman–Crippen MR) is 115 cm³/mol. The summed E-state index contributed by atoms with van der Waals surface area (Å²) < 4.78 is 2.02. The molecule has 0 bridgehead atoms. The molecule has 3 aromatic rings. The van der Waals surface area contributed by atoms with Crippen molar-refractivity contribution in [2.75, 3.05) is 5.32 Å². The number of amides is 1. The van der Waals surface area contributed by atoms with Crippen LogP contribution in [0.4, 0.5) is 5.69 Å². The van der Waals surface area contributed by atoms with Crippen LogP contribution in [0, 0.1) is 13.8 Å². The van der Waals surface area contributed by atoms with Crippen LogP contribution < -0.4 is 5.32 Å². The van der Waals surface area contributed by atoms with Gasteiger partial charge in [0, 0.05) is 28.2 Å².